The first-order valence-corrected chi connectivity index (χ1v) is 9.60. The molecule has 5 heteroatoms. The molecule has 1 unspecified atom stereocenters. The summed E-state index contributed by atoms with van der Waals surface area (Å²) < 4.78 is 5.86. The second-order valence-electron chi connectivity index (χ2n) is 6.29. The third-order valence-electron chi connectivity index (χ3n) is 4.33. The molecule has 0 amide bonds. The number of unbranched alkanes of at least 4 members (excludes halogenated alkanes) is 1. The van der Waals surface area contributed by atoms with Gasteiger partial charge in [-0.15, -0.1) is 0 Å². The van der Waals surface area contributed by atoms with Crippen LogP contribution in [0.3, 0.4) is 0 Å². The van der Waals surface area contributed by atoms with Crippen LogP contribution in [-0.4, -0.2) is 19.3 Å². The summed E-state index contributed by atoms with van der Waals surface area (Å²) in [5.41, 5.74) is 3.53. The molecule has 0 bridgehead atoms. The van der Waals surface area contributed by atoms with Crippen LogP contribution in [0.4, 0.5) is 0 Å². The minimum atomic E-state index is 0.503. The predicted molar refractivity (Wildman–Crippen MR) is 92.6 cm³/mol. The van der Waals surface area contributed by atoms with Crippen LogP contribution in [0.5, 0.6) is 0 Å². The first kappa shape index (κ1) is 17.2. The van der Waals surface area contributed by atoms with Crippen molar-refractivity contribution in [2.24, 2.45) is 0 Å². The third-order valence-corrected chi connectivity index (χ3v) is 5.46. The van der Waals surface area contributed by atoms with Gasteiger partial charge in [0.05, 0.1) is 0 Å². The minimum absolute atomic E-state index is 0.503. The van der Waals surface area contributed by atoms with Crippen LogP contribution in [0.2, 0.25) is 0 Å². The Labute approximate surface area is 153 Å². The molecule has 2 aromatic heterocycles. The molecule has 0 aliphatic heterocycles. The van der Waals surface area contributed by atoms with E-state index in [2.05, 4.69) is 101 Å². The molecule has 3 rings (SSSR count). The average molecular weight is 504 g/mol. The molecule has 0 aliphatic rings. The number of hydrogen-bond acceptors (Lipinski definition) is 1. The number of rotatable bonds is 7. The molecular formula is C19H24N4Pt. The van der Waals surface area contributed by atoms with Gasteiger partial charge < -0.3 is 0 Å². The van der Waals surface area contributed by atoms with Gasteiger partial charge in [0.1, 0.15) is 0 Å². The van der Waals surface area contributed by atoms with Gasteiger partial charge in [-0.05, 0) is 0 Å². The van der Waals surface area contributed by atoms with Gasteiger partial charge in [-0.2, -0.15) is 0 Å². The summed E-state index contributed by atoms with van der Waals surface area (Å²) in [6, 6.07) is 13.1. The summed E-state index contributed by atoms with van der Waals surface area (Å²) in [5.74, 6) is 0. The summed E-state index contributed by atoms with van der Waals surface area (Å²) in [6.07, 6.45) is 8.99. The van der Waals surface area contributed by atoms with Crippen LogP contribution in [0.1, 0.15) is 43.6 Å². The van der Waals surface area contributed by atoms with E-state index in [1.807, 2.05) is 0 Å². The SMILES string of the molecule is Cc1cc(CCCCC(C)n2ccn(-c3ccccc3)[c]2=[Pt])n[nH]1. The number of imidazole rings is 1. The van der Waals surface area contributed by atoms with E-state index in [-0.39, 0.29) is 0 Å². The molecule has 0 radical (unpaired) electrons. The fourth-order valence-corrected chi connectivity index (χ4v) is 4.09. The molecule has 0 spiro atoms. The number of hydrogen-bond donors (Lipinski definition) is 1. The van der Waals surface area contributed by atoms with Crippen molar-refractivity contribution in [3.8, 4) is 5.69 Å². The van der Waals surface area contributed by atoms with Gasteiger partial charge in [0.15, 0.2) is 0 Å². The second kappa shape index (κ2) is 7.93. The number of H-pyrrole nitrogens is 1. The van der Waals surface area contributed by atoms with Gasteiger partial charge in [0.25, 0.3) is 0 Å². The maximum absolute atomic E-state index is 4.31. The van der Waals surface area contributed by atoms with Crippen molar-refractivity contribution in [1.82, 2.24) is 19.3 Å². The number of benzene rings is 1. The first-order valence-electron chi connectivity index (χ1n) is 8.46. The standard InChI is InChI=1S/C19H24N4.Pt/c1-16-14-18(21-20-16)9-7-6-8-17(2)22-12-13-23(15-22)19-10-4-3-5-11-19;/h3-5,10-14,17H,6-9H2,1-2H3,(H,20,21);. The van der Waals surface area contributed by atoms with E-state index >= 15 is 0 Å². The molecule has 1 aromatic carbocycles. The Morgan fingerprint density at radius 3 is 2.67 bits per heavy atom. The maximum atomic E-state index is 4.31. The van der Waals surface area contributed by atoms with Gasteiger partial charge in [-0.25, -0.2) is 0 Å². The van der Waals surface area contributed by atoms with Gasteiger partial charge in [0.2, 0.25) is 0 Å². The molecule has 1 N–H and O–H groups in total. The fraction of sp³-hybridized carbons (Fsp3) is 0.368. The Morgan fingerprint density at radius 2 is 1.96 bits per heavy atom. The van der Waals surface area contributed by atoms with Crippen LogP contribution < -0.4 is 0 Å². The summed E-state index contributed by atoms with van der Waals surface area (Å²) in [4.78, 5) is 0. The van der Waals surface area contributed by atoms with Crippen molar-refractivity contribution in [1.29, 1.82) is 0 Å². The van der Waals surface area contributed by atoms with E-state index in [0.29, 0.717) is 6.04 Å². The monoisotopic (exact) mass is 503 g/mol. The summed E-state index contributed by atoms with van der Waals surface area (Å²) >= 11 is 2.42. The molecule has 0 saturated heterocycles. The van der Waals surface area contributed by atoms with Crippen LogP contribution in [0.15, 0.2) is 48.8 Å². The zero-order valence-electron chi connectivity index (χ0n) is 14.2. The Hall–Kier alpha value is -1.67. The molecule has 0 fully saturated rings. The van der Waals surface area contributed by atoms with Crippen LogP contribution >= 0.6 is 0 Å². The Morgan fingerprint density at radius 1 is 1.17 bits per heavy atom. The molecule has 24 heavy (non-hydrogen) atoms. The molecule has 2 heterocycles. The number of nitrogens with one attached hydrogen (secondary N) is 1. The van der Waals surface area contributed by atoms with E-state index in [0.717, 1.165) is 12.1 Å². The van der Waals surface area contributed by atoms with Gasteiger partial charge in [-0.3, -0.25) is 0 Å². The van der Waals surface area contributed by atoms with E-state index < -0.39 is 0 Å². The number of nitrogens with zero attached hydrogens (tertiary/aromatic N) is 3. The summed E-state index contributed by atoms with van der Waals surface area (Å²) in [7, 11) is 0. The van der Waals surface area contributed by atoms with Crippen molar-refractivity contribution in [3.63, 3.8) is 0 Å². The van der Waals surface area contributed by atoms with E-state index in [1.165, 1.54) is 34.4 Å². The van der Waals surface area contributed by atoms with Crippen LogP contribution in [0, 0.1) is 10.7 Å². The zero-order valence-corrected chi connectivity index (χ0v) is 16.5. The molecule has 4 nitrogen and oxygen atoms in total. The Balaban J connectivity index is 1.56. The summed E-state index contributed by atoms with van der Waals surface area (Å²) in [6.45, 7) is 4.35. The van der Waals surface area contributed by atoms with Crippen molar-refractivity contribution in [2.75, 3.05) is 0 Å². The molecule has 0 aliphatic carbocycles. The number of aryl methyl sites for hydroxylation is 2. The van der Waals surface area contributed by atoms with Gasteiger partial charge >= 0.3 is 154 Å². The molecule has 3 aromatic rings. The number of aromatic nitrogens is 4. The number of aromatic amines is 1. The van der Waals surface area contributed by atoms with Crippen LogP contribution in [0.25, 0.3) is 5.69 Å². The second-order valence-corrected chi connectivity index (χ2v) is 7.31. The fourth-order valence-electron chi connectivity index (χ4n) is 2.95. The predicted octanol–water partition coefficient (Wildman–Crippen LogP) is 4.36. The topological polar surface area (TPSA) is 38.5 Å². The zero-order chi connectivity index (χ0) is 16.9. The third kappa shape index (κ3) is 4.05. The van der Waals surface area contributed by atoms with Crippen molar-refractivity contribution >= 4 is 0 Å². The normalized spacial score (nSPS) is 12.5. The Kier molecular flexibility index (Phi) is 5.67. The number of para-hydroxylation sites is 1. The quantitative estimate of drug-likeness (QED) is 0.478. The first-order chi connectivity index (χ1) is 11.6. The molecule has 1 atom stereocenters. The Bertz CT molecular complexity index is 828. The van der Waals surface area contributed by atoms with Crippen molar-refractivity contribution < 1.29 is 19.4 Å². The van der Waals surface area contributed by atoms with Crippen molar-refractivity contribution in [3.05, 3.63) is 64.0 Å². The van der Waals surface area contributed by atoms with E-state index in [9.17, 15) is 0 Å². The molecular weight excluding hydrogens is 479 g/mol. The van der Waals surface area contributed by atoms with Gasteiger partial charge in [-0.1, -0.05) is 0 Å². The van der Waals surface area contributed by atoms with E-state index in [4.69, 9.17) is 0 Å². The van der Waals surface area contributed by atoms with Crippen LogP contribution in [-0.2, 0) is 25.8 Å². The molecule has 0 saturated carbocycles. The van der Waals surface area contributed by atoms with Crippen molar-refractivity contribution in [2.45, 2.75) is 45.6 Å². The molecule has 130 valence electrons. The van der Waals surface area contributed by atoms with Gasteiger partial charge in [0, 0.05) is 0 Å². The van der Waals surface area contributed by atoms with E-state index in [1.54, 1.807) is 0 Å². The average Bonchev–Trinajstić information content (AvgIpc) is 3.18. The summed E-state index contributed by atoms with van der Waals surface area (Å²) in [5, 5.41) is 7.32.